The van der Waals surface area contributed by atoms with E-state index in [-0.39, 0.29) is 0 Å². The second kappa shape index (κ2) is 10.9. The molecule has 0 aliphatic rings. The predicted molar refractivity (Wildman–Crippen MR) is 197 cm³/mol. The van der Waals surface area contributed by atoms with Crippen LogP contribution in [0.3, 0.4) is 0 Å². The molecule has 0 amide bonds. The third-order valence-corrected chi connectivity index (χ3v) is 9.40. The standard InChI is InChI=1S/C44H26N4/c1-46-31-23-26-42-38(27-31)37-15-6-9-19-41(37)48(42)43-20-10-16-33(44(43)34-12-3-2-11-30(34)28-45)29-21-24-32(25-22-29)47-39-17-7-4-13-35(39)36-14-5-8-18-40(36)47/h2-27H. The Morgan fingerprint density at radius 2 is 1.06 bits per heavy atom. The van der Waals surface area contributed by atoms with E-state index in [9.17, 15) is 5.26 Å². The van der Waals surface area contributed by atoms with Gasteiger partial charge in [-0.15, -0.1) is 0 Å². The Bertz CT molecular complexity index is 2750. The molecule has 0 saturated carbocycles. The molecule has 7 aromatic carbocycles. The van der Waals surface area contributed by atoms with Gasteiger partial charge >= 0.3 is 0 Å². The van der Waals surface area contributed by atoms with Crippen molar-refractivity contribution in [2.45, 2.75) is 0 Å². The molecule has 4 nitrogen and oxygen atoms in total. The van der Waals surface area contributed by atoms with E-state index in [1.54, 1.807) is 0 Å². The number of hydrogen-bond donors (Lipinski definition) is 0. The molecule has 2 heterocycles. The van der Waals surface area contributed by atoms with Gasteiger partial charge in [0.25, 0.3) is 0 Å². The largest absolute Gasteiger partial charge is 0.309 e. The van der Waals surface area contributed by atoms with Crippen LogP contribution in [0.2, 0.25) is 0 Å². The Labute approximate surface area is 277 Å². The van der Waals surface area contributed by atoms with Gasteiger partial charge in [0.15, 0.2) is 5.69 Å². The van der Waals surface area contributed by atoms with Crippen molar-refractivity contribution in [2.75, 3.05) is 0 Å². The van der Waals surface area contributed by atoms with E-state index in [1.165, 1.54) is 21.8 Å². The molecule has 9 rings (SSSR count). The van der Waals surface area contributed by atoms with Crippen molar-refractivity contribution in [3.05, 3.63) is 175 Å². The second-order valence-electron chi connectivity index (χ2n) is 11.9. The van der Waals surface area contributed by atoms with Crippen LogP contribution in [0.4, 0.5) is 5.69 Å². The summed E-state index contributed by atoms with van der Waals surface area (Å²) in [6.45, 7) is 7.64. The highest BCUT2D eigenvalue weighted by atomic mass is 15.0. The van der Waals surface area contributed by atoms with Gasteiger partial charge in [-0.3, -0.25) is 0 Å². The zero-order chi connectivity index (χ0) is 32.2. The number of benzene rings is 7. The zero-order valence-electron chi connectivity index (χ0n) is 25.8. The van der Waals surface area contributed by atoms with Gasteiger partial charge in [0, 0.05) is 33.0 Å². The van der Waals surface area contributed by atoms with Gasteiger partial charge in [0.1, 0.15) is 0 Å². The van der Waals surface area contributed by atoms with Crippen LogP contribution in [0.1, 0.15) is 5.56 Å². The highest BCUT2D eigenvalue weighted by Crippen LogP contribution is 2.43. The number of rotatable bonds is 4. The summed E-state index contributed by atoms with van der Waals surface area (Å²) < 4.78 is 4.60. The average molecular weight is 611 g/mol. The molecule has 9 aromatic rings. The first kappa shape index (κ1) is 27.4. The minimum absolute atomic E-state index is 0.609. The van der Waals surface area contributed by atoms with Crippen molar-refractivity contribution in [1.82, 2.24) is 9.13 Å². The molecule has 0 spiro atoms. The van der Waals surface area contributed by atoms with Gasteiger partial charge in [-0.2, -0.15) is 5.26 Å². The molecule has 0 atom stereocenters. The molecule has 0 aliphatic heterocycles. The number of hydrogen-bond acceptors (Lipinski definition) is 1. The SMILES string of the molecule is [C-]#[N+]c1ccc2c(c1)c1ccccc1n2-c1cccc(-c2ccc(-n3c4ccccc4c4ccccc43)cc2)c1-c1ccccc1C#N. The van der Waals surface area contributed by atoms with Crippen molar-refractivity contribution >= 4 is 49.3 Å². The minimum Gasteiger partial charge on any atom is -0.309 e. The fourth-order valence-corrected chi connectivity index (χ4v) is 7.33. The summed E-state index contributed by atoms with van der Waals surface area (Å²) in [6, 6.07) is 56.7. The minimum atomic E-state index is 0.609. The van der Waals surface area contributed by atoms with Crippen LogP contribution in [0.25, 0.3) is 82.1 Å². The van der Waals surface area contributed by atoms with Crippen molar-refractivity contribution in [3.63, 3.8) is 0 Å². The third-order valence-electron chi connectivity index (χ3n) is 9.40. The predicted octanol–water partition coefficient (Wildman–Crippen LogP) is 11.6. The van der Waals surface area contributed by atoms with Crippen LogP contribution in [0, 0.1) is 17.9 Å². The van der Waals surface area contributed by atoms with E-state index < -0.39 is 0 Å². The Morgan fingerprint density at radius 1 is 0.500 bits per heavy atom. The average Bonchev–Trinajstić information content (AvgIpc) is 3.67. The molecular weight excluding hydrogens is 585 g/mol. The Balaban J connectivity index is 1.30. The maximum Gasteiger partial charge on any atom is 0.188 e. The highest BCUT2D eigenvalue weighted by Gasteiger charge is 2.21. The van der Waals surface area contributed by atoms with Crippen molar-refractivity contribution < 1.29 is 0 Å². The zero-order valence-corrected chi connectivity index (χ0v) is 25.8. The maximum absolute atomic E-state index is 10.3. The lowest BCUT2D eigenvalue weighted by atomic mass is 9.90. The fourth-order valence-electron chi connectivity index (χ4n) is 7.33. The summed E-state index contributed by atoms with van der Waals surface area (Å²) in [5.74, 6) is 0. The Morgan fingerprint density at radius 3 is 1.73 bits per heavy atom. The van der Waals surface area contributed by atoms with Gasteiger partial charge in [0.2, 0.25) is 0 Å². The molecule has 2 aromatic heterocycles. The van der Waals surface area contributed by atoms with Crippen LogP contribution >= 0.6 is 0 Å². The molecule has 48 heavy (non-hydrogen) atoms. The molecule has 0 radical (unpaired) electrons. The first-order chi connectivity index (χ1) is 23.7. The number of para-hydroxylation sites is 3. The molecule has 222 valence electrons. The van der Waals surface area contributed by atoms with Crippen molar-refractivity contribution in [1.29, 1.82) is 5.26 Å². The summed E-state index contributed by atoms with van der Waals surface area (Å²) in [7, 11) is 0. The van der Waals surface area contributed by atoms with Gasteiger partial charge < -0.3 is 9.13 Å². The summed E-state index contributed by atoms with van der Waals surface area (Å²) in [4.78, 5) is 3.71. The van der Waals surface area contributed by atoms with E-state index in [0.717, 1.165) is 55.4 Å². The molecular formula is C44H26N4. The van der Waals surface area contributed by atoms with Crippen LogP contribution in [0.5, 0.6) is 0 Å². The first-order valence-electron chi connectivity index (χ1n) is 15.9. The van der Waals surface area contributed by atoms with E-state index in [0.29, 0.717) is 11.3 Å². The smallest absolute Gasteiger partial charge is 0.188 e. The van der Waals surface area contributed by atoms with Crippen LogP contribution in [-0.4, -0.2) is 9.13 Å². The van der Waals surface area contributed by atoms with Gasteiger partial charge in [-0.05, 0) is 71.1 Å². The summed E-state index contributed by atoms with van der Waals surface area (Å²) in [5, 5.41) is 14.9. The van der Waals surface area contributed by atoms with E-state index in [2.05, 4.69) is 123 Å². The van der Waals surface area contributed by atoms with Gasteiger partial charge in [0.05, 0.1) is 46.0 Å². The summed E-state index contributed by atoms with van der Waals surface area (Å²) >= 11 is 0. The van der Waals surface area contributed by atoms with Crippen LogP contribution < -0.4 is 0 Å². The Kier molecular flexibility index (Phi) is 6.22. The van der Waals surface area contributed by atoms with Crippen LogP contribution in [-0.2, 0) is 0 Å². The Hall–Kier alpha value is -6.88. The fraction of sp³-hybridized carbons (Fsp3) is 0. The molecule has 0 unspecified atom stereocenters. The monoisotopic (exact) mass is 610 g/mol. The molecule has 0 N–H and O–H groups in total. The van der Waals surface area contributed by atoms with Crippen LogP contribution in [0.15, 0.2) is 158 Å². The normalized spacial score (nSPS) is 11.3. The molecule has 0 saturated heterocycles. The summed E-state index contributed by atoms with van der Waals surface area (Å²) in [6.07, 6.45) is 0. The number of fused-ring (bicyclic) bond motifs is 6. The van der Waals surface area contributed by atoms with E-state index in [4.69, 9.17) is 6.57 Å². The molecule has 0 fully saturated rings. The lowest BCUT2D eigenvalue weighted by molar-refractivity contribution is 1.18. The highest BCUT2D eigenvalue weighted by molar-refractivity contribution is 6.12. The maximum atomic E-state index is 10.3. The van der Waals surface area contributed by atoms with E-state index in [1.807, 2.05) is 54.6 Å². The second-order valence-corrected chi connectivity index (χ2v) is 11.9. The number of nitrogens with zero attached hydrogens (tertiary/aromatic N) is 4. The van der Waals surface area contributed by atoms with Crippen molar-refractivity contribution in [2.24, 2.45) is 0 Å². The number of nitriles is 1. The molecule has 0 bridgehead atoms. The number of aromatic nitrogens is 2. The first-order valence-corrected chi connectivity index (χ1v) is 15.9. The lowest BCUT2D eigenvalue weighted by Gasteiger charge is -2.19. The summed E-state index contributed by atoms with van der Waals surface area (Å²) in [5.41, 5.74) is 11.6. The lowest BCUT2D eigenvalue weighted by Crippen LogP contribution is -2.00. The van der Waals surface area contributed by atoms with E-state index >= 15 is 0 Å². The molecule has 0 aliphatic carbocycles. The third kappa shape index (κ3) is 4.07. The van der Waals surface area contributed by atoms with Crippen molar-refractivity contribution in [3.8, 4) is 39.7 Å². The van der Waals surface area contributed by atoms with Gasteiger partial charge in [-0.25, -0.2) is 4.85 Å². The quantitative estimate of drug-likeness (QED) is 0.183. The molecule has 4 heteroatoms. The topological polar surface area (TPSA) is 38.0 Å². The van der Waals surface area contributed by atoms with Gasteiger partial charge in [-0.1, -0.05) is 103 Å².